The second-order valence-electron chi connectivity index (χ2n) is 6.76. The van der Waals surface area contributed by atoms with Crippen molar-refractivity contribution in [1.29, 1.82) is 0 Å². The standard InChI is InChI=1S/C19H18ClN3O4/c1-10-15(16-17(25)21-9-22-18(16)27-10)19(26)23-6-12(8-24)14(7-23)11-2-4-13(20)5-3-11/h2-5,9,12,14,24H,6-8H2,1H3,(H,21,22,25)/t12-,14-/m0/s1. The maximum Gasteiger partial charge on any atom is 0.262 e. The fourth-order valence-electron chi connectivity index (χ4n) is 3.78. The van der Waals surface area contributed by atoms with E-state index in [4.69, 9.17) is 16.0 Å². The number of hydrogen-bond acceptors (Lipinski definition) is 5. The molecule has 140 valence electrons. The average Bonchev–Trinajstić information content (AvgIpc) is 3.23. The summed E-state index contributed by atoms with van der Waals surface area (Å²) in [6.45, 7) is 2.44. The van der Waals surface area contributed by atoms with Gasteiger partial charge in [-0.05, 0) is 24.6 Å². The summed E-state index contributed by atoms with van der Waals surface area (Å²) in [4.78, 5) is 33.5. The van der Waals surface area contributed by atoms with E-state index >= 15 is 0 Å². The lowest BCUT2D eigenvalue weighted by Crippen LogP contribution is -2.30. The van der Waals surface area contributed by atoms with Gasteiger partial charge >= 0.3 is 0 Å². The smallest absolute Gasteiger partial charge is 0.262 e. The molecule has 0 saturated carbocycles. The number of likely N-dealkylation sites (tertiary alicyclic amines) is 1. The molecule has 1 amide bonds. The van der Waals surface area contributed by atoms with Gasteiger partial charge in [0.15, 0.2) is 0 Å². The van der Waals surface area contributed by atoms with Crippen molar-refractivity contribution in [2.75, 3.05) is 19.7 Å². The first-order valence-electron chi connectivity index (χ1n) is 8.62. The molecular weight excluding hydrogens is 370 g/mol. The Labute approximate surface area is 159 Å². The highest BCUT2D eigenvalue weighted by molar-refractivity contribution is 6.30. The van der Waals surface area contributed by atoms with Gasteiger partial charge in [-0.25, -0.2) is 4.98 Å². The zero-order valence-corrected chi connectivity index (χ0v) is 15.4. The van der Waals surface area contributed by atoms with E-state index in [0.717, 1.165) is 5.56 Å². The lowest BCUT2D eigenvalue weighted by atomic mass is 9.90. The van der Waals surface area contributed by atoms with Crippen LogP contribution in [-0.2, 0) is 0 Å². The number of rotatable bonds is 3. The van der Waals surface area contributed by atoms with Crippen molar-refractivity contribution in [3.8, 4) is 0 Å². The molecule has 27 heavy (non-hydrogen) atoms. The van der Waals surface area contributed by atoms with Gasteiger partial charge in [0, 0.05) is 36.6 Å². The number of nitrogens with zero attached hydrogens (tertiary/aromatic N) is 2. The van der Waals surface area contributed by atoms with Gasteiger partial charge in [0.25, 0.3) is 11.5 Å². The summed E-state index contributed by atoms with van der Waals surface area (Å²) in [5.41, 5.74) is 0.981. The van der Waals surface area contributed by atoms with Crippen LogP contribution in [0.3, 0.4) is 0 Å². The molecule has 0 unspecified atom stereocenters. The summed E-state index contributed by atoms with van der Waals surface area (Å²) in [6, 6.07) is 7.43. The number of aromatic nitrogens is 2. The highest BCUT2D eigenvalue weighted by atomic mass is 35.5. The number of benzene rings is 1. The van der Waals surface area contributed by atoms with Crippen LogP contribution >= 0.6 is 11.6 Å². The minimum atomic E-state index is -0.410. The van der Waals surface area contributed by atoms with E-state index in [2.05, 4.69) is 9.97 Å². The van der Waals surface area contributed by atoms with E-state index in [1.54, 1.807) is 24.0 Å². The number of aliphatic hydroxyl groups is 1. The summed E-state index contributed by atoms with van der Waals surface area (Å²) in [5.74, 6) is -0.0366. The van der Waals surface area contributed by atoms with Crippen LogP contribution in [0.15, 0.2) is 39.8 Å². The van der Waals surface area contributed by atoms with Crippen LogP contribution in [-0.4, -0.2) is 45.6 Å². The summed E-state index contributed by atoms with van der Waals surface area (Å²) in [7, 11) is 0. The fourth-order valence-corrected chi connectivity index (χ4v) is 3.90. The van der Waals surface area contributed by atoms with Crippen molar-refractivity contribution < 1.29 is 14.3 Å². The van der Waals surface area contributed by atoms with Crippen molar-refractivity contribution >= 4 is 28.6 Å². The molecule has 1 aromatic carbocycles. The van der Waals surface area contributed by atoms with Gasteiger partial charge in [0.1, 0.15) is 11.1 Å². The second kappa shape index (κ2) is 6.83. The minimum absolute atomic E-state index is 0.00824. The van der Waals surface area contributed by atoms with Crippen LogP contribution in [0.2, 0.25) is 5.02 Å². The Balaban J connectivity index is 1.68. The fraction of sp³-hybridized carbons (Fsp3) is 0.316. The molecule has 7 nitrogen and oxygen atoms in total. The first-order valence-corrected chi connectivity index (χ1v) is 8.99. The van der Waals surface area contributed by atoms with Crippen LogP contribution in [0.1, 0.15) is 27.6 Å². The van der Waals surface area contributed by atoms with Crippen molar-refractivity contribution in [3.05, 3.63) is 62.9 Å². The average molecular weight is 388 g/mol. The number of carbonyl (C=O) groups excluding carboxylic acids is 1. The maximum absolute atomic E-state index is 13.2. The van der Waals surface area contributed by atoms with Gasteiger partial charge in [-0.3, -0.25) is 9.59 Å². The number of amides is 1. The third kappa shape index (κ3) is 3.02. The molecule has 0 bridgehead atoms. The topological polar surface area (TPSA) is 99.4 Å². The summed E-state index contributed by atoms with van der Waals surface area (Å²) < 4.78 is 5.50. The number of H-pyrrole nitrogens is 1. The van der Waals surface area contributed by atoms with Crippen LogP contribution in [0.25, 0.3) is 11.1 Å². The predicted molar refractivity (Wildman–Crippen MR) is 100 cm³/mol. The zero-order valence-electron chi connectivity index (χ0n) is 14.6. The maximum atomic E-state index is 13.2. The van der Waals surface area contributed by atoms with E-state index in [1.165, 1.54) is 6.33 Å². The molecule has 2 N–H and O–H groups in total. The van der Waals surface area contributed by atoms with Gasteiger partial charge in [-0.1, -0.05) is 23.7 Å². The largest absolute Gasteiger partial charge is 0.442 e. The SMILES string of the molecule is Cc1oc2nc[nH]c(=O)c2c1C(=O)N1C[C@@H](CO)[C@H](c2ccc(Cl)cc2)C1. The van der Waals surface area contributed by atoms with E-state index < -0.39 is 5.56 Å². The quantitative estimate of drug-likeness (QED) is 0.718. The molecule has 2 atom stereocenters. The number of nitrogens with one attached hydrogen (secondary N) is 1. The third-order valence-corrected chi connectivity index (χ3v) is 5.40. The highest BCUT2D eigenvalue weighted by Gasteiger charge is 2.37. The number of aryl methyl sites for hydroxylation is 1. The van der Waals surface area contributed by atoms with Crippen molar-refractivity contribution in [1.82, 2.24) is 14.9 Å². The molecule has 1 aliphatic heterocycles. The Morgan fingerprint density at radius 2 is 2.11 bits per heavy atom. The van der Waals surface area contributed by atoms with Crippen molar-refractivity contribution in [2.45, 2.75) is 12.8 Å². The number of furan rings is 1. The van der Waals surface area contributed by atoms with Crippen LogP contribution in [0, 0.1) is 12.8 Å². The van der Waals surface area contributed by atoms with Gasteiger partial charge in [-0.2, -0.15) is 0 Å². The van der Waals surface area contributed by atoms with E-state index in [9.17, 15) is 14.7 Å². The molecule has 0 spiro atoms. The Hall–Kier alpha value is -2.64. The first-order chi connectivity index (χ1) is 13.0. The number of hydrogen-bond donors (Lipinski definition) is 2. The van der Waals surface area contributed by atoms with Gasteiger partial charge < -0.3 is 19.4 Å². The second-order valence-corrected chi connectivity index (χ2v) is 7.19. The van der Waals surface area contributed by atoms with Crippen LogP contribution in [0.5, 0.6) is 0 Å². The van der Waals surface area contributed by atoms with E-state index in [0.29, 0.717) is 23.9 Å². The lowest BCUT2D eigenvalue weighted by molar-refractivity contribution is 0.0781. The normalized spacial score (nSPS) is 19.7. The molecule has 1 aliphatic rings. The number of aliphatic hydroxyl groups excluding tert-OH is 1. The van der Waals surface area contributed by atoms with E-state index in [-0.39, 0.29) is 41.0 Å². The van der Waals surface area contributed by atoms with Crippen molar-refractivity contribution in [2.24, 2.45) is 5.92 Å². The molecule has 3 aromatic rings. The van der Waals surface area contributed by atoms with E-state index in [1.807, 2.05) is 12.1 Å². The minimum Gasteiger partial charge on any atom is -0.442 e. The summed E-state index contributed by atoms with van der Waals surface area (Å²) in [6.07, 6.45) is 1.25. The number of fused-ring (bicyclic) bond motifs is 1. The molecule has 0 aliphatic carbocycles. The Kier molecular flexibility index (Phi) is 4.49. The Morgan fingerprint density at radius 1 is 1.37 bits per heavy atom. The zero-order chi connectivity index (χ0) is 19.1. The molecule has 1 fully saturated rings. The van der Waals surface area contributed by atoms with Gasteiger partial charge in [-0.15, -0.1) is 0 Å². The predicted octanol–water partition coefficient (Wildman–Crippen LogP) is 2.33. The molecule has 8 heteroatoms. The Bertz CT molecular complexity index is 1060. The Morgan fingerprint density at radius 3 is 2.81 bits per heavy atom. The molecule has 4 rings (SSSR count). The molecule has 0 radical (unpaired) electrons. The molecule has 2 aromatic heterocycles. The number of halogens is 1. The van der Waals surface area contributed by atoms with Crippen molar-refractivity contribution in [3.63, 3.8) is 0 Å². The van der Waals surface area contributed by atoms with Gasteiger partial charge in [0.05, 0.1) is 11.9 Å². The summed E-state index contributed by atoms with van der Waals surface area (Å²) in [5, 5.41) is 10.6. The monoisotopic (exact) mass is 387 g/mol. The summed E-state index contributed by atoms with van der Waals surface area (Å²) >= 11 is 5.96. The first kappa shape index (κ1) is 17.8. The lowest BCUT2D eigenvalue weighted by Gasteiger charge is -2.16. The molecule has 3 heterocycles. The molecule has 1 saturated heterocycles. The number of carbonyl (C=O) groups is 1. The van der Waals surface area contributed by atoms with Crippen LogP contribution in [0.4, 0.5) is 0 Å². The van der Waals surface area contributed by atoms with Crippen LogP contribution < -0.4 is 5.56 Å². The highest BCUT2D eigenvalue weighted by Crippen LogP contribution is 2.35. The third-order valence-electron chi connectivity index (χ3n) is 5.14. The molecular formula is C19H18ClN3O4. The van der Waals surface area contributed by atoms with Gasteiger partial charge in [0.2, 0.25) is 5.71 Å². The number of aromatic amines is 1.